The molecule has 0 bridgehead atoms. The van der Waals surface area contributed by atoms with Gasteiger partial charge in [-0.25, -0.2) is 4.99 Å². The van der Waals surface area contributed by atoms with Gasteiger partial charge in [-0.3, -0.25) is 9.69 Å². The van der Waals surface area contributed by atoms with Gasteiger partial charge in [-0.1, -0.05) is 42.5 Å². The Balaban J connectivity index is 1.89. The van der Waals surface area contributed by atoms with Crippen LogP contribution in [-0.4, -0.2) is 30.9 Å². The highest BCUT2D eigenvalue weighted by atomic mass is 19.4. The molecule has 0 fully saturated rings. The molecule has 0 saturated carbocycles. The number of halogens is 3. The van der Waals surface area contributed by atoms with Gasteiger partial charge in [0.25, 0.3) is 5.91 Å². The van der Waals surface area contributed by atoms with Crippen LogP contribution >= 0.6 is 0 Å². The van der Waals surface area contributed by atoms with Gasteiger partial charge in [0.2, 0.25) is 0 Å². The lowest BCUT2D eigenvalue weighted by Crippen LogP contribution is -2.41. The molecule has 0 aliphatic carbocycles. The topological polar surface area (TPSA) is 67.9 Å². The van der Waals surface area contributed by atoms with Crippen LogP contribution in [0.5, 0.6) is 5.75 Å². The van der Waals surface area contributed by atoms with Crippen LogP contribution in [0.2, 0.25) is 0 Å². The SMILES string of the molecule is COc1cccc(-c2cccc([C@@]3(c4ccc(C(F)(F)F)cc4)N=C(N)N(C)C3=O)c2)c1. The van der Waals surface area contributed by atoms with Crippen LogP contribution in [0.15, 0.2) is 77.8 Å². The first-order chi connectivity index (χ1) is 15.2. The Bertz CT molecular complexity index is 1210. The maximum Gasteiger partial charge on any atom is 0.416 e. The molecule has 32 heavy (non-hydrogen) atoms. The zero-order chi connectivity index (χ0) is 23.1. The third-order valence-electron chi connectivity index (χ3n) is 5.55. The smallest absolute Gasteiger partial charge is 0.416 e. The molecule has 0 radical (unpaired) electrons. The maximum absolute atomic E-state index is 13.4. The molecule has 8 heteroatoms. The van der Waals surface area contributed by atoms with Crippen molar-refractivity contribution < 1.29 is 22.7 Å². The van der Waals surface area contributed by atoms with Crippen molar-refractivity contribution in [3.8, 4) is 16.9 Å². The molecule has 1 atom stereocenters. The summed E-state index contributed by atoms with van der Waals surface area (Å²) in [5, 5.41) is 0. The number of rotatable bonds is 4. The number of likely N-dealkylation sites (N-methyl/N-ethyl adjacent to an activating group) is 1. The van der Waals surface area contributed by atoms with Gasteiger partial charge < -0.3 is 10.5 Å². The van der Waals surface area contributed by atoms with Crippen molar-refractivity contribution in [3.63, 3.8) is 0 Å². The predicted octanol–water partition coefficient (Wildman–Crippen LogP) is 4.41. The summed E-state index contributed by atoms with van der Waals surface area (Å²) in [5.41, 5.74) is 6.01. The van der Waals surface area contributed by atoms with Crippen molar-refractivity contribution in [2.45, 2.75) is 11.7 Å². The van der Waals surface area contributed by atoms with E-state index in [-0.39, 0.29) is 5.96 Å². The third-order valence-corrected chi connectivity index (χ3v) is 5.55. The Morgan fingerprint density at radius 2 is 1.56 bits per heavy atom. The molecule has 0 unspecified atom stereocenters. The van der Waals surface area contributed by atoms with E-state index in [1.165, 1.54) is 24.1 Å². The van der Waals surface area contributed by atoms with Gasteiger partial charge in [-0.15, -0.1) is 0 Å². The van der Waals surface area contributed by atoms with E-state index >= 15 is 0 Å². The maximum atomic E-state index is 13.4. The standard InChI is InChI=1S/C24H20F3N3O2/c1-30-21(31)23(29-22(30)28,17-9-11-18(12-10-17)24(25,26)27)19-7-3-5-15(13-19)16-6-4-8-20(14-16)32-2/h3-14H,1-2H3,(H2,28,29)/t23-/m1/s1. The normalized spacial score (nSPS) is 18.6. The predicted molar refractivity (Wildman–Crippen MR) is 115 cm³/mol. The van der Waals surface area contributed by atoms with Crippen LogP contribution in [-0.2, 0) is 16.5 Å². The van der Waals surface area contributed by atoms with Crippen LogP contribution in [0.4, 0.5) is 13.2 Å². The lowest BCUT2D eigenvalue weighted by molar-refractivity contribution is -0.137. The minimum atomic E-state index is -4.49. The van der Waals surface area contributed by atoms with Crippen molar-refractivity contribution >= 4 is 11.9 Å². The summed E-state index contributed by atoms with van der Waals surface area (Å²) in [5.74, 6) is 0.212. The largest absolute Gasteiger partial charge is 0.497 e. The number of carbonyl (C=O) groups excluding carboxylic acids is 1. The van der Waals surface area contributed by atoms with E-state index < -0.39 is 23.2 Å². The first-order valence-electron chi connectivity index (χ1n) is 9.73. The molecule has 2 N–H and O–H groups in total. The van der Waals surface area contributed by atoms with Gasteiger partial charge in [0.15, 0.2) is 11.5 Å². The summed E-state index contributed by atoms with van der Waals surface area (Å²) in [7, 11) is 3.05. The highest BCUT2D eigenvalue weighted by molar-refractivity contribution is 6.09. The van der Waals surface area contributed by atoms with Crippen LogP contribution in [0.1, 0.15) is 16.7 Å². The van der Waals surface area contributed by atoms with Gasteiger partial charge in [0.1, 0.15) is 5.75 Å². The van der Waals surface area contributed by atoms with E-state index in [0.717, 1.165) is 23.3 Å². The fraction of sp³-hybridized carbons (Fsp3) is 0.167. The summed E-state index contributed by atoms with van der Waals surface area (Å²) in [6.45, 7) is 0. The second kappa shape index (κ2) is 7.71. The number of hydrogen-bond acceptors (Lipinski definition) is 4. The second-order valence-electron chi connectivity index (χ2n) is 7.43. The Morgan fingerprint density at radius 3 is 2.12 bits per heavy atom. The zero-order valence-corrected chi connectivity index (χ0v) is 17.4. The third kappa shape index (κ3) is 3.47. The number of guanidine groups is 1. The number of alkyl halides is 3. The monoisotopic (exact) mass is 439 g/mol. The molecule has 0 saturated heterocycles. The highest BCUT2D eigenvalue weighted by Gasteiger charge is 2.49. The molecule has 3 aromatic rings. The fourth-order valence-corrected chi connectivity index (χ4v) is 3.81. The molecule has 1 aliphatic heterocycles. The zero-order valence-electron chi connectivity index (χ0n) is 17.4. The Hall–Kier alpha value is -3.81. The van der Waals surface area contributed by atoms with Crippen LogP contribution in [0.3, 0.4) is 0 Å². The van der Waals surface area contributed by atoms with Crippen LogP contribution in [0, 0.1) is 0 Å². The minimum absolute atomic E-state index is 0.0123. The quantitative estimate of drug-likeness (QED) is 0.655. The first kappa shape index (κ1) is 21.4. The van der Waals surface area contributed by atoms with E-state index in [1.54, 1.807) is 25.3 Å². The number of carbonyl (C=O) groups is 1. The molecular weight excluding hydrogens is 419 g/mol. The summed E-state index contributed by atoms with van der Waals surface area (Å²) in [4.78, 5) is 19.0. The first-order valence-corrected chi connectivity index (χ1v) is 9.73. The van der Waals surface area contributed by atoms with Crippen molar-refractivity contribution in [1.82, 2.24) is 4.90 Å². The van der Waals surface area contributed by atoms with E-state index in [0.29, 0.717) is 16.9 Å². The fourth-order valence-electron chi connectivity index (χ4n) is 3.81. The number of amides is 1. The summed E-state index contributed by atoms with van der Waals surface area (Å²) >= 11 is 0. The highest BCUT2D eigenvalue weighted by Crippen LogP contribution is 2.41. The molecule has 164 valence electrons. The number of hydrogen-bond donors (Lipinski definition) is 1. The van der Waals surface area contributed by atoms with E-state index in [1.807, 2.05) is 30.3 Å². The van der Waals surface area contributed by atoms with Crippen LogP contribution < -0.4 is 10.5 Å². The Kier molecular flexibility index (Phi) is 5.16. The number of nitrogens with zero attached hydrogens (tertiary/aromatic N) is 2. The van der Waals surface area contributed by atoms with Crippen molar-refractivity contribution in [2.24, 2.45) is 10.7 Å². The lowest BCUT2D eigenvalue weighted by Gasteiger charge is -2.27. The summed E-state index contributed by atoms with van der Waals surface area (Å²) in [6.07, 6.45) is -4.49. The Labute approximate surface area is 182 Å². The number of benzene rings is 3. The molecule has 1 aliphatic rings. The number of nitrogens with two attached hydrogens (primary N) is 1. The van der Waals surface area contributed by atoms with E-state index in [9.17, 15) is 18.0 Å². The molecule has 5 nitrogen and oxygen atoms in total. The molecule has 1 amide bonds. The molecular formula is C24H20F3N3O2. The summed E-state index contributed by atoms with van der Waals surface area (Å²) in [6, 6.07) is 19.0. The van der Waals surface area contributed by atoms with E-state index in [4.69, 9.17) is 10.5 Å². The Morgan fingerprint density at radius 1 is 0.938 bits per heavy atom. The molecule has 0 spiro atoms. The summed E-state index contributed by atoms with van der Waals surface area (Å²) < 4.78 is 44.5. The number of aliphatic imine (C=N–C) groups is 1. The van der Waals surface area contributed by atoms with Gasteiger partial charge in [-0.05, 0) is 52.6 Å². The lowest BCUT2D eigenvalue weighted by atomic mass is 9.81. The van der Waals surface area contributed by atoms with Crippen LogP contribution in [0.25, 0.3) is 11.1 Å². The average Bonchev–Trinajstić information content (AvgIpc) is 3.03. The van der Waals surface area contributed by atoms with Crippen molar-refractivity contribution in [2.75, 3.05) is 14.2 Å². The van der Waals surface area contributed by atoms with Gasteiger partial charge in [-0.2, -0.15) is 13.2 Å². The average molecular weight is 439 g/mol. The number of ether oxygens (including phenoxy) is 1. The van der Waals surface area contributed by atoms with Gasteiger partial charge in [0.05, 0.1) is 12.7 Å². The van der Waals surface area contributed by atoms with Crippen molar-refractivity contribution in [1.29, 1.82) is 0 Å². The minimum Gasteiger partial charge on any atom is -0.497 e. The van der Waals surface area contributed by atoms with Gasteiger partial charge in [0, 0.05) is 7.05 Å². The molecule has 1 heterocycles. The van der Waals surface area contributed by atoms with Crippen molar-refractivity contribution in [3.05, 3.63) is 89.5 Å². The second-order valence-corrected chi connectivity index (χ2v) is 7.43. The molecule has 0 aromatic heterocycles. The number of methoxy groups -OCH3 is 1. The van der Waals surface area contributed by atoms with Gasteiger partial charge >= 0.3 is 6.18 Å². The van der Waals surface area contributed by atoms with E-state index in [2.05, 4.69) is 4.99 Å². The molecule has 4 rings (SSSR count). The molecule has 3 aromatic carbocycles.